The van der Waals surface area contributed by atoms with Gasteiger partial charge in [-0.1, -0.05) is 40.2 Å². The van der Waals surface area contributed by atoms with Crippen molar-refractivity contribution >= 4 is 0 Å². The largest absolute Gasteiger partial charge is 0.309 e. The molecule has 0 radical (unpaired) electrons. The van der Waals surface area contributed by atoms with Crippen molar-refractivity contribution in [3.05, 3.63) is 12.2 Å². The first-order valence-electron chi connectivity index (χ1n) is 8.39. The molecule has 2 nitrogen and oxygen atoms in total. The number of likely N-dealkylation sites (tertiary alicyclic amines) is 1. The van der Waals surface area contributed by atoms with Crippen molar-refractivity contribution in [1.82, 2.24) is 9.80 Å². The van der Waals surface area contributed by atoms with Crippen LogP contribution in [0.15, 0.2) is 12.2 Å². The van der Waals surface area contributed by atoms with Gasteiger partial charge in [0.25, 0.3) is 0 Å². The lowest BCUT2D eigenvalue weighted by Crippen LogP contribution is -2.28. The number of hydrogen-bond donors (Lipinski definition) is 0. The Balaban J connectivity index is -0.000000231. The predicted molar refractivity (Wildman–Crippen MR) is 96.6 cm³/mol. The number of hydrogen-bond acceptors (Lipinski definition) is 2. The fraction of sp³-hybridized carbons (Fsp3) is 0.889. The van der Waals surface area contributed by atoms with Gasteiger partial charge in [0.2, 0.25) is 0 Å². The second-order valence-electron chi connectivity index (χ2n) is 5.50. The van der Waals surface area contributed by atoms with E-state index in [0.717, 1.165) is 18.9 Å². The molecule has 0 amide bonds. The minimum atomic E-state index is 0.978. The standard InChI is InChI=1S/2C7H15N.2C2H6/c1-7-3-5-8(2)6-4-7;1-7(2)5-6-8(3)4;2*1-2/h7H,3-6H2,1-2H3;1,5-6H2,2-4H3;2*1-2H3. The SMILES string of the molecule is C=C(C)CCN(C)C.CC.CC.CC1CCN(C)CC1. The van der Waals surface area contributed by atoms with Gasteiger partial charge in [0, 0.05) is 6.54 Å². The van der Waals surface area contributed by atoms with Crippen molar-refractivity contribution in [2.24, 2.45) is 5.92 Å². The molecule has 1 rings (SSSR count). The summed E-state index contributed by atoms with van der Waals surface area (Å²) in [5, 5.41) is 0. The molecule has 1 heterocycles. The van der Waals surface area contributed by atoms with Crippen molar-refractivity contribution in [3.63, 3.8) is 0 Å². The van der Waals surface area contributed by atoms with E-state index >= 15 is 0 Å². The average Bonchev–Trinajstić information content (AvgIpc) is 2.45. The Hall–Kier alpha value is -0.340. The fourth-order valence-electron chi connectivity index (χ4n) is 1.55. The van der Waals surface area contributed by atoms with Crippen LogP contribution < -0.4 is 0 Å². The van der Waals surface area contributed by atoms with Crippen LogP contribution >= 0.6 is 0 Å². The number of nitrogens with zero attached hydrogens (tertiary/aromatic N) is 2. The molecule has 1 aliphatic rings. The summed E-state index contributed by atoms with van der Waals surface area (Å²) in [5.74, 6) is 0.978. The van der Waals surface area contributed by atoms with E-state index in [4.69, 9.17) is 0 Å². The molecular weight excluding hydrogens is 244 g/mol. The molecule has 0 aromatic heterocycles. The van der Waals surface area contributed by atoms with Crippen LogP contribution in [-0.4, -0.2) is 50.6 Å². The zero-order chi connectivity index (χ0) is 16.6. The summed E-state index contributed by atoms with van der Waals surface area (Å²) in [5.41, 5.74) is 1.26. The molecule has 0 N–H and O–H groups in total. The van der Waals surface area contributed by atoms with E-state index in [1.54, 1.807) is 0 Å². The number of piperidine rings is 1. The van der Waals surface area contributed by atoms with E-state index in [2.05, 4.69) is 51.4 Å². The van der Waals surface area contributed by atoms with Crippen LogP contribution in [0.4, 0.5) is 0 Å². The lowest BCUT2D eigenvalue weighted by Gasteiger charge is -2.26. The Morgan fingerprint density at radius 1 is 1.10 bits per heavy atom. The summed E-state index contributed by atoms with van der Waals surface area (Å²) in [6, 6.07) is 0. The molecule has 0 aromatic carbocycles. The molecular formula is C18H42N2. The molecule has 1 aliphatic heterocycles. The van der Waals surface area contributed by atoms with Crippen LogP contribution in [0.25, 0.3) is 0 Å². The molecule has 0 unspecified atom stereocenters. The summed E-state index contributed by atoms with van der Waals surface area (Å²) in [7, 11) is 6.35. The molecule has 0 aromatic rings. The van der Waals surface area contributed by atoms with Gasteiger partial charge in [0.1, 0.15) is 0 Å². The summed E-state index contributed by atoms with van der Waals surface area (Å²) >= 11 is 0. The van der Waals surface area contributed by atoms with E-state index < -0.39 is 0 Å². The van der Waals surface area contributed by atoms with Crippen LogP contribution in [0, 0.1) is 5.92 Å². The Kier molecular flexibility index (Phi) is 23.0. The molecule has 1 saturated heterocycles. The molecule has 2 heteroatoms. The normalized spacial score (nSPS) is 15.1. The van der Waals surface area contributed by atoms with E-state index in [1.165, 1.54) is 31.5 Å². The predicted octanol–water partition coefficient (Wildman–Crippen LogP) is 4.91. The average molecular weight is 287 g/mol. The summed E-state index contributed by atoms with van der Waals surface area (Å²) in [6.45, 7) is 19.9. The fourth-order valence-corrected chi connectivity index (χ4v) is 1.55. The maximum atomic E-state index is 3.80. The second kappa shape index (κ2) is 18.7. The molecule has 0 saturated carbocycles. The van der Waals surface area contributed by atoms with Gasteiger partial charge in [-0.25, -0.2) is 0 Å². The molecule has 0 spiro atoms. The van der Waals surface area contributed by atoms with Gasteiger partial charge in [0.05, 0.1) is 0 Å². The highest BCUT2D eigenvalue weighted by Crippen LogP contribution is 2.13. The number of rotatable bonds is 3. The van der Waals surface area contributed by atoms with Gasteiger partial charge in [0.15, 0.2) is 0 Å². The summed E-state index contributed by atoms with van der Waals surface area (Å²) in [6.07, 6.45) is 3.92. The maximum Gasteiger partial charge on any atom is 0.00123 e. The highest BCUT2D eigenvalue weighted by molar-refractivity contribution is 4.87. The third kappa shape index (κ3) is 22.8. The summed E-state index contributed by atoms with van der Waals surface area (Å²) < 4.78 is 0. The highest BCUT2D eigenvalue weighted by Gasteiger charge is 2.10. The minimum absolute atomic E-state index is 0.978. The second-order valence-corrected chi connectivity index (χ2v) is 5.50. The third-order valence-corrected chi connectivity index (χ3v) is 2.99. The van der Waals surface area contributed by atoms with Crippen LogP contribution in [-0.2, 0) is 0 Å². The third-order valence-electron chi connectivity index (χ3n) is 2.99. The van der Waals surface area contributed by atoms with Crippen molar-refractivity contribution in [3.8, 4) is 0 Å². The minimum Gasteiger partial charge on any atom is -0.309 e. The van der Waals surface area contributed by atoms with Crippen LogP contribution in [0.1, 0.15) is 60.8 Å². The molecule has 1 fully saturated rings. The quantitative estimate of drug-likeness (QED) is 0.680. The Morgan fingerprint density at radius 3 is 1.70 bits per heavy atom. The Bertz CT molecular complexity index is 170. The zero-order valence-electron chi connectivity index (χ0n) is 15.9. The van der Waals surface area contributed by atoms with E-state index in [0.29, 0.717) is 0 Å². The Labute approximate surface area is 130 Å². The van der Waals surface area contributed by atoms with Gasteiger partial charge in [-0.05, 0) is 66.3 Å². The molecule has 0 atom stereocenters. The maximum absolute atomic E-state index is 3.80. The van der Waals surface area contributed by atoms with E-state index in [1.807, 2.05) is 27.7 Å². The van der Waals surface area contributed by atoms with Crippen molar-refractivity contribution in [2.75, 3.05) is 40.8 Å². The highest BCUT2D eigenvalue weighted by atomic mass is 15.1. The van der Waals surface area contributed by atoms with Gasteiger partial charge in [-0.15, -0.1) is 6.58 Å². The Morgan fingerprint density at radius 2 is 1.50 bits per heavy atom. The van der Waals surface area contributed by atoms with Crippen LogP contribution in [0.2, 0.25) is 0 Å². The van der Waals surface area contributed by atoms with Crippen LogP contribution in [0.5, 0.6) is 0 Å². The van der Waals surface area contributed by atoms with Gasteiger partial charge < -0.3 is 9.80 Å². The van der Waals surface area contributed by atoms with Gasteiger partial charge in [-0.2, -0.15) is 0 Å². The van der Waals surface area contributed by atoms with Crippen molar-refractivity contribution in [1.29, 1.82) is 0 Å². The van der Waals surface area contributed by atoms with Crippen LogP contribution in [0.3, 0.4) is 0 Å². The van der Waals surface area contributed by atoms with Crippen molar-refractivity contribution < 1.29 is 0 Å². The first-order chi connectivity index (χ1) is 9.41. The molecule has 0 aliphatic carbocycles. The lowest BCUT2D eigenvalue weighted by molar-refractivity contribution is 0.230. The van der Waals surface area contributed by atoms with Crippen molar-refractivity contribution in [2.45, 2.75) is 60.8 Å². The topological polar surface area (TPSA) is 6.48 Å². The lowest BCUT2D eigenvalue weighted by atomic mass is 10.00. The first kappa shape index (κ1) is 24.7. The van der Waals surface area contributed by atoms with Gasteiger partial charge in [-0.3, -0.25) is 0 Å². The van der Waals surface area contributed by atoms with E-state index in [-0.39, 0.29) is 0 Å². The molecule has 124 valence electrons. The zero-order valence-corrected chi connectivity index (χ0v) is 15.9. The monoisotopic (exact) mass is 286 g/mol. The molecule has 0 bridgehead atoms. The first-order valence-corrected chi connectivity index (χ1v) is 8.39. The van der Waals surface area contributed by atoms with Gasteiger partial charge >= 0.3 is 0 Å². The van der Waals surface area contributed by atoms with E-state index in [9.17, 15) is 0 Å². The molecule has 20 heavy (non-hydrogen) atoms. The smallest absolute Gasteiger partial charge is 0.00123 e. The summed E-state index contributed by atoms with van der Waals surface area (Å²) in [4.78, 5) is 4.56.